The highest BCUT2D eigenvalue weighted by Gasteiger charge is 2.20. The topological polar surface area (TPSA) is 32.3 Å². The van der Waals surface area contributed by atoms with Crippen molar-refractivity contribution < 1.29 is 4.79 Å². The molecule has 20 heavy (non-hydrogen) atoms. The van der Waals surface area contributed by atoms with Gasteiger partial charge < -0.3 is 5.32 Å². The van der Waals surface area contributed by atoms with Crippen molar-refractivity contribution in [3.8, 4) is 0 Å². The predicted octanol–water partition coefficient (Wildman–Crippen LogP) is 3.57. The molecule has 2 aromatic carbocycles. The zero-order valence-corrected chi connectivity index (χ0v) is 11.3. The van der Waals surface area contributed by atoms with Crippen LogP contribution in [0, 0.1) is 6.92 Å². The Bertz CT molecular complexity index is 644. The van der Waals surface area contributed by atoms with Crippen LogP contribution in [-0.2, 0) is 0 Å². The lowest BCUT2D eigenvalue weighted by Crippen LogP contribution is -2.43. The number of nitrogens with zero attached hydrogens (tertiary/aromatic N) is 1. The highest BCUT2D eigenvalue weighted by molar-refractivity contribution is 5.99. The maximum Gasteiger partial charge on any atom is 0.326 e. The van der Waals surface area contributed by atoms with Gasteiger partial charge in [0.1, 0.15) is 0 Å². The van der Waals surface area contributed by atoms with Gasteiger partial charge in [0.15, 0.2) is 0 Å². The number of amides is 2. The highest BCUT2D eigenvalue weighted by Crippen LogP contribution is 2.20. The Labute approximate surface area is 118 Å². The van der Waals surface area contributed by atoms with E-state index >= 15 is 0 Å². The van der Waals surface area contributed by atoms with Gasteiger partial charge in [0.2, 0.25) is 0 Å². The van der Waals surface area contributed by atoms with Gasteiger partial charge >= 0.3 is 6.03 Å². The monoisotopic (exact) mass is 264 g/mol. The van der Waals surface area contributed by atoms with Gasteiger partial charge in [-0.25, -0.2) is 4.79 Å². The van der Waals surface area contributed by atoms with Crippen molar-refractivity contribution >= 4 is 17.4 Å². The van der Waals surface area contributed by atoms with Crippen LogP contribution in [0.25, 0.3) is 5.70 Å². The van der Waals surface area contributed by atoms with E-state index < -0.39 is 0 Å². The summed E-state index contributed by atoms with van der Waals surface area (Å²) in [6.45, 7) is 2.63. The standard InChI is InChI=1S/C17H16N2O/c1-13-7-9-14(10-8-13)16-11-12-19(17(20)18-16)15-5-3-2-4-6-15/h2-11H,12H2,1H3,(H,18,20). The zero-order chi connectivity index (χ0) is 13.9. The number of para-hydroxylation sites is 1. The fraction of sp³-hybridized carbons (Fsp3) is 0.118. The van der Waals surface area contributed by atoms with Crippen molar-refractivity contribution in [2.75, 3.05) is 11.4 Å². The molecule has 2 amide bonds. The Morgan fingerprint density at radius 2 is 1.70 bits per heavy atom. The summed E-state index contributed by atoms with van der Waals surface area (Å²) in [6, 6.07) is 17.7. The van der Waals surface area contributed by atoms with E-state index in [0.29, 0.717) is 6.54 Å². The van der Waals surface area contributed by atoms with Gasteiger partial charge in [-0.2, -0.15) is 0 Å². The van der Waals surface area contributed by atoms with E-state index in [4.69, 9.17) is 0 Å². The average molecular weight is 264 g/mol. The van der Waals surface area contributed by atoms with Crippen molar-refractivity contribution in [2.45, 2.75) is 6.92 Å². The molecule has 0 radical (unpaired) electrons. The summed E-state index contributed by atoms with van der Waals surface area (Å²) in [5, 5.41) is 2.95. The molecule has 0 saturated carbocycles. The van der Waals surface area contributed by atoms with Crippen LogP contribution in [0.3, 0.4) is 0 Å². The number of hydrogen-bond acceptors (Lipinski definition) is 1. The Morgan fingerprint density at radius 3 is 2.35 bits per heavy atom. The molecular weight excluding hydrogens is 248 g/mol. The number of hydrogen-bond donors (Lipinski definition) is 1. The second kappa shape index (κ2) is 5.21. The SMILES string of the molecule is Cc1ccc(C2=CCN(c3ccccc3)C(=O)N2)cc1. The molecule has 100 valence electrons. The molecule has 0 aliphatic carbocycles. The quantitative estimate of drug-likeness (QED) is 0.883. The summed E-state index contributed by atoms with van der Waals surface area (Å²) in [6.07, 6.45) is 2.04. The molecule has 3 heteroatoms. The van der Waals surface area contributed by atoms with E-state index in [1.807, 2.05) is 60.7 Å². The fourth-order valence-corrected chi connectivity index (χ4v) is 2.25. The van der Waals surface area contributed by atoms with E-state index in [0.717, 1.165) is 16.9 Å². The molecular formula is C17H16N2O. The highest BCUT2D eigenvalue weighted by atomic mass is 16.2. The summed E-state index contributed by atoms with van der Waals surface area (Å²) >= 11 is 0. The van der Waals surface area contributed by atoms with Crippen molar-refractivity contribution in [3.63, 3.8) is 0 Å². The molecule has 0 unspecified atom stereocenters. The third kappa shape index (κ3) is 2.43. The van der Waals surface area contributed by atoms with Gasteiger partial charge in [-0.3, -0.25) is 4.90 Å². The summed E-state index contributed by atoms with van der Waals surface area (Å²) in [7, 11) is 0. The van der Waals surface area contributed by atoms with Crippen LogP contribution < -0.4 is 10.2 Å². The number of rotatable bonds is 2. The third-order valence-corrected chi connectivity index (χ3v) is 3.40. The molecule has 3 nitrogen and oxygen atoms in total. The van der Waals surface area contributed by atoms with Gasteiger partial charge in [-0.15, -0.1) is 0 Å². The molecule has 1 heterocycles. The van der Waals surface area contributed by atoms with E-state index in [1.54, 1.807) is 4.90 Å². The van der Waals surface area contributed by atoms with E-state index in [-0.39, 0.29) is 6.03 Å². The molecule has 0 atom stereocenters. The second-order valence-corrected chi connectivity index (χ2v) is 4.86. The average Bonchev–Trinajstić information content (AvgIpc) is 2.49. The normalized spacial score (nSPS) is 14.8. The van der Waals surface area contributed by atoms with Crippen LogP contribution in [0.2, 0.25) is 0 Å². The largest absolute Gasteiger partial charge is 0.326 e. The first-order valence-electron chi connectivity index (χ1n) is 6.65. The van der Waals surface area contributed by atoms with Gasteiger partial charge in [0, 0.05) is 17.9 Å². The second-order valence-electron chi connectivity index (χ2n) is 4.86. The lowest BCUT2D eigenvalue weighted by atomic mass is 10.1. The minimum Gasteiger partial charge on any atom is -0.307 e. The Balaban J connectivity index is 1.84. The molecule has 2 aromatic rings. The van der Waals surface area contributed by atoms with Crippen molar-refractivity contribution in [2.24, 2.45) is 0 Å². The van der Waals surface area contributed by atoms with Gasteiger partial charge in [0.05, 0.1) is 0 Å². The Kier molecular flexibility index (Phi) is 3.25. The minimum atomic E-state index is -0.0886. The number of urea groups is 1. The predicted molar refractivity (Wildman–Crippen MR) is 81.5 cm³/mol. The molecule has 1 aliphatic rings. The van der Waals surface area contributed by atoms with E-state index in [9.17, 15) is 4.79 Å². The first-order valence-corrected chi connectivity index (χ1v) is 6.65. The lowest BCUT2D eigenvalue weighted by Gasteiger charge is -2.27. The smallest absolute Gasteiger partial charge is 0.307 e. The molecule has 0 bridgehead atoms. The van der Waals surface area contributed by atoms with Crippen LogP contribution in [0.5, 0.6) is 0 Å². The summed E-state index contributed by atoms with van der Waals surface area (Å²) in [5.41, 5.74) is 4.03. The number of nitrogens with one attached hydrogen (secondary N) is 1. The molecule has 0 fully saturated rings. The van der Waals surface area contributed by atoms with E-state index in [1.165, 1.54) is 5.56 Å². The summed E-state index contributed by atoms with van der Waals surface area (Å²) < 4.78 is 0. The fourth-order valence-electron chi connectivity index (χ4n) is 2.25. The lowest BCUT2D eigenvalue weighted by molar-refractivity contribution is 0.250. The number of carbonyl (C=O) groups excluding carboxylic acids is 1. The Hall–Kier alpha value is -2.55. The van der Waals surface area contributed by atoms with Gasteiger partial charge in [-0.1, -0.05) is 48.0 Å². The Morgan fingerprint density at radius 1 is 1.00 bits per heavy atom. The molecule has 0 spiro atoms. The van der Waals surface area contributed by atoms with Crippen molar-refractivity contribution in [1.29, 1.82) is 0 Å². The first-order chi connectivity index (χ1) is 9.74. The maximum atomic E-state index is 12.2. The maximum absolute atomic E-state index is 12.2. The van der Waals surface area contributed by atoms with Crippen LogP contribution in [0.4, 0.5) is 10.5 Å². The summed E-state index contributed by atoms with van der Waals surface area (Å²) in [4.78, 5) is 13.9. The molecule has 1 N–H and O–H groups in total. The van der Waals surface area contributed by atoms with Gasteiger partial charge in [-0.05, 0) is 30.7 Å². The zero-order valence-electron chi connectivity index (χ0n) is 11.3. The third-order valence-electron chi connectivity index (χ3n) is 3.40. The molecule has 3 rings (SSSR count). The molecule has 1 aliphatic heterocycles. The number of anilines is 1. The van der Waals surface area contributed by atoms with Crippen molar-refractivity contribution in [3.05, 3.63) is 71.8 Å². The molecule has 0 aromatic heterocycles. The van der Waals surface area contributed by atoms with Crippen molar-refractivity contribution in [1.82, 2.24) is 5.32 Å². The van der Waals surface area contributed by atoms with Crippen LogP contribution in [0.1, 0.15) is 11.1 Å². The molecule has 0 saturated heterocycles. The van der Waals surface area contributed by atoms with Crippen LogP contribution in [-0.4, -0.2) is 12.6 Å². The van der Waals surface area contributed by atoms with Gasteiger partial charge in [0.25, 0.3) is 0 Å². The number of benzene rings is 2. The van der Waals surface area contributed by atoms with Crippen LogP contribution >= 0.6 is 0 Å². The first kappa shape index (κ1) is 12.5. The number of aryl methyl sites for hydroxylation is 1. The minimum absolute atomic E-state index is 0.0886. The summed E-state index contributed by atoms with van der Waals surface area (Å²) in [5.74, 6) is 0. The van der Waals surface area contributed by atoms with E-state index in [2.05, 4.69) is 12.2 Å². The number of carbonyl (C=O) groups is 1. The van der Waals surface area contributed by atoms with Crippen LogP contribution in [0.15, 0.2) is 60.7 Å².